The molecular formula is C17H25N3. The van der Waals surface area contributed by atoms with Crippen LogP contribution in [0.15, 0.2) is 24.5 Å². The van der Waals surface area contributed by atoms with Crippen molar-refractivity contribution in [1.82, 2.24) is 14.7 Å². The minimum Gasteiger partial charge on any atom is -0.303 e. The monoisotopic (exact) mass is 271 g/mol. The van der Waals surface area contributed by atoms with Crippen LogP contribution in [0.2, 0.25) is 0 Å². The molecule has 2 bridgehead atoms. The third kappa shape index (κ3) is 2.32. The van der Waals surface area contributed by atoms with Crippen LogP contribution < -0.4 is 0 Å². The molecule has 3 aliphatic rings. The summed E-state index contributed by atoms with van der Waals surface area (Å²) in [5, 5.41) is 4.32. The summed E-state index contributed by atoms with van der Waals surface area (Å²) in [7, 11) is 2.02. The normalized spacial score (nSPS) is 34.1. The molecule has 3 nitrogen and oxygen atoms in total. The van der Waals surface area contributed by atoms with E-state index in [1.165, 1.54) is 50.9 Å². The first-order valence-electron chi connectivity index (χ1n) is 8.17. The highest BCUT2D eigenvalue weighted by Gasteiger charge is 2.36. The molecule has 1 aliphatic heterocycles. The molecule has 1 aromatic rings. The standard InChI is InChI=1S/C17H25N3/c1-19-11-17(10-18-19)14-4-6-20(7-5-14)12-16-9-13-2-3-15(16)8-13/h2-3,10-11,13-16H,4-9,12H2,1H3/t13-,15-,16+/m0/s1. The third-order valence-electron chi connectivity index (χ3n) is 5.69. The SMILES string of the molecule is Cn1cc(C2CCN(C[C@H]3C[C@H]4C=C[C@H]3C4)CC2)cn1. The van der Waals surface area contributed by atoms with Gasteiger partial charge in [0.2, 0.25) is 0 Å². The van der Waals surface area contributed by atoms with E-state index in [9.17, 15) is 0 Å². The van der Waals surface area contributed by atoms with Gasteiger partial charge < -0.3 is 4.90 Å². The van der Waals surface area contributed by atoms with Crippen LogP contribution in [0, 0.1) is 17.8 Å². The van der Waals surface area contributed by atoms with E-state index in [4.69, 9.17) is 0 Å². The van der Waals surface area contributed by atoms with Crippen molar-refractivity contribution in [3.05, 3.63) is 30.1 Å². The molecule has 20 heavy (non-hydrogen) atoms. The number of allylic oxidation sites excluding steroid dienone is 2. The van der Waals surface area contributed by atoms with Gasteiger partial charge in [-0.25, -0.2) is 0 Å². The molecule has 2 aliphatic carbocycles. The summed E-state index contributed by atoms with van der Waals surface area (Å²) >= 11 is 0. The fourth-order valence-electron chi connectivity index (χ4n) is 4.54. The molecule has 3 heteroatoms. The lowest BCUT2D eigenvalue weighted by Crippen LogP contribution is -2.37. The van der Waals surface area contributed by atoms with E-state index in [0.29, 0.717) is 0 Å². The molecule has 1 saturated carbocycles. The molecule has 4 rings (SSSR count). The van der Waals surface area contributed by atoms with Gasteiger partial charge in [0.1, 0.15) is 0 Å². The van der Waals surface area contributed by atoms with Crippen LogP contribution in [0.4, 0.5) is 0 Å². The van der Waals surface area contributed by atoms with Crippen molar-refractivity contribution < 1.29 is 0 Å². The minimum atomic E-state index is 0.736. The molecule has 2 fully saturated rings. The van der Waals surface area contributed by atoms with Crippen molar-refractivity contribution in [2.24, 2.45) is 24.8 Å². The molecule has 3 atom stereocenters. The maximum Gasteiger partial charge on any atom is 0.0524 e. The van der Waals surface area contributed by atoms with Crippen molar-refractivity contribution in [2.45, 2.75) is 31.6 Å². The Bertz CT molecular complexity index is 496. The fraction of sp³-hybridized carbons (Fsp3) is 0.706. The minimum absolute atomic E-state index is 0.736. The zero-order chi connectivity index (χ0) is 13.5. The second-order valence-electron chi connectivity index (χ2n) is 7.06. The van der Waals surface area contributed by atoms with Gasteiger partial charge in [-0.05, 0) is 68.0 Å². The summed E-state index contributed by atoms with van der Waals surface area (Å²) in [6.07, 6.45) is 14.7. The Kier molecular flexibility index (Phi) is 3.18. The summed E-state index contributed by atoms with van der Waals surface area (Å²) in [6.45, 7) is 3.89. The first-order valence-corrected chi connectivity index (χ1v) is 8.17. The summed E-state index contributed by atoms with van der Waals surface area (Å²) in [5.41, 5.74) is 1.44. The smallest absolute Gasteiger partial charge is 0.0524 e. The van der Waals surface area contributed by atoms with Gasteiger partial charge in [0.05, 0.1) is 6.20 Å². The number of likely N-dealkylation sites (tertiary alicyclic amines) is 1. The average Bonchev–Trinajstić information content (AvgIpc) is 3.16. The van der Waals surface area contributed by atoms with E-state index in [0.717, 1.165) is 23.7 Å². The Morgan fingerprint density at radius 1 is 1.20 bits per heavy atom. The third-order valence-corrected chi connectivity index (χ3v) is 5.69. The Balaban J connectivity index is 1.30. The maximum absolute atomic E-state index is 4.32. The summed E-state index contributed by atoms with van der Waals surface area (Å²) < 4.78 is 1.93. The molecule has 0 radical (unpaired) electrons. The van der Waals surface area contributed by atoms with Crippen LogP contribution in [0.3, 0.4) is 0 Å². The number of aryl methyl sites for hydroxylation is 1. The number of hydrogen-bond acceptors (Lipinski definition) is 2. The predicted octanol–water partition coefficient (Wildman–Crippen LogP) is 2.81. The zero-order valence-electron chi connectivity index (χ0n) is 12.4. The summed E-state index contributed by atoms with van der Waals surface area (Å²) in [4.78, 5) is 2.71. The second kappa shape index (κ2) is 5.03. The molecule has 1 aromatic heterocycles. The molecule has 1 saturated heterocycles. The maximum atomic E-state index is 4.32. The van der Waals surface area contributed by atoms with E-state index >= 15 is 0 Å². The second-order valence-corrected chi connectivity index (χ2v) is 7.06. The van der Waals surface area contributed by atoms with E-state index in [-0.39, 0.29) is 0 Å². The molecule has 0 N–H and O–H groups in total. The van der Waals surface area contributed by atoms with E-state index < -0.39 is 0 Å². The first-order chi connectivity index (χ1) is 9.78. The Labute approximate surface area is 121 Å². The van der Waals surface area contributed by atoms with E-state index in [2.05, 4.69) is 34.5 Å². The highest BCUT2D eigenvalue weighted by Crippen LogP contribution is 2.44. The summed E-state index contributed by atoms with van der Waals surface area (Å²) in [6, 6.07) is 0. The summed E-state index contributed by atoms with van der Waals surface area (Å²) in [5.74, 6) is 3.49. The van der Waals surface area contributed by atoms with Crippen LogP contribution in [-0.2, 0) is 7.05 Å². The Morgan fingerprint density at radius 2 is 2.05 bits per heavy atom. The number of rotatable bonds is 3. The van der Waals surface area contributed by atoms with Gasteiger partial charge >= 0.3 is 0 Å². The van der Waals surface area contributed by atoms with Crippen molar-refractivity contribution >= 4 is 0 Å². The lowest BCUT2D eigenvalue weighted by atomic mass is 9.89. The quantitative estimate of drug-likeness (QED) is 0.788. The van der Waals surface area contributed by atoms with Gasteiger partial charge in [-0.15, -0.1) is 0 Å². The Hall–Kier alpha value is -1.09. The number of nitrogens with zero attached hydrogens (tertiary/aromatic N) is 3. The topological polar surface area (TPSA) is 21.1 Å². The van der Waals surface area contributed by atoms with Crippen LogP contribution in [0.1, 0.15) is 37.2 Å². The van der Waals surface area contributed by atoms with Crippen molar-refractivity contribution in [3.63, 3.8) is 0 Å². The number of hydrogen-bond donors (Lipinski definition) is 0. The Morgan fingerprint density at radius 3 is 2.65 bits per heavy atom. The molecule has 0 aromatic carbocycles. The molecule has 108 valence electrons. The first kappa shape index (κ1) is 12.6. The van der Waals surface area contributed by atoms with Gasteiger partial charge in [-0.1, -0.05) is 12.2 Å². The van der Waals surface area contributed by atoms with E-state index in [1.807, 2.05) is 11.7 Å². The highest BCUT2D eigenvalue weighted by molar-refractivity contribution is 5.13. The van der Waals surface area contributed by atoms with Crippen LogP contribution in [-0.4, -0.2) is 34.3 Å². The van der Waals surface area contributed by atoms with Crippen molar-refractivity contribution in [3.8, 4) is 0 Å². The lowest BCUT2D eigenvalue weighted by molar-refractivity contribution is 0.172. The fourth-order valence-corrected chi connectivity index (χ4v) is 4.54. The van der Waals surface area contributed by atoms with E-state index in [1.54, 1.807) is 0 Å². The van der Waals surface area contributed by atoms with Gasteiger partial charge in [0, 0.05) is 19.8 Å². The molecular weight excluding hydrogens is 246 g/mol. The number of fused-ring (bicyclic) bond motifs is 2. The van der Waals surface area contributed by atoms with Crippen molar-refractivity contribution in [1.29, 1.82) is 0 Å². The zero-order valence-corrected chi connectivity index (χ0v) is 12.4. The lowest BCUT2D eigenvalue weighted by Gasteiger charge is -2.34. The highest BCUT2D eigenvalue weighted by atomic mass is 15.2. The van der Waals surface area contributed by atoms with Crippen LogP contribution >= 0.6 is 0 Å². The van der Waals surface area contributed by atoms with Crippen molar-refractivity contribution in [2.75, 3.05) is 19.6 Å². The largest absolute Gasteiger partial charge is 0.303 e. The van der Waals surface area contributed by atoms with Crippen LogP contribution in [0.5, 0.6) is 0 Å². The molecule has 0 unspecified atom stereocenters. The number of aromatic nitrogens is 2. The van der Waals surface area contributed by atoms with Gasteiger partial charge in [-0.3, -0.25) is 4.68 Å². The molecule has 0 amide bonds. The molecule has 2 heterocycles. The van der Waals surface area contributed by atoms with Gasteiger partial charge in [0.25, 0.3) is 0 Å². The van der Waals surface area contributed by atoms with Gasteiger partial charge in [-0.2, -0.15) is 5.10 Å². The van der Waals surface area contributed by atoms with Gasteiger partial charge in [0.15, 0.2) is 0 Å². The van der Waals surface area contributed by atoms with Crippen LogP contribution in [0.25, 0.3) is 0 Å². The number of piperidine rings is 1. The predicted molar refractivity (Wildman–Crippen MR) is 80.5 cm³/mol. The molecule has 0 spiro atoms. The average molecular weight is 271 g/mol.